The van der Waals surface area contributed by atoms with Crippen molar-refractivity contribution in [3.63, 3.8) is 0 Å². The normalized spacial score (nSPS) is 21.9. The fourth-order valence-corrected chi connectivity index (χ4v) is 3.25. The molecule has 0 spiro atoms. The maximum Gasteiger partial charge on any atom is 0.387 e. The van der Waals surface area contributed by atoms with E-state index in [1.165, 1.54) is 29.2 Å². The summed E-state index contributed by atoms with van der Waals surface area (Å²) in [6, 6.07) is 5.49. The van der Waals surface area contributed by atoms with Crippen LogP contribution in [0.3, 0.4) is 0 Å². The Hall–Kier alpha value is -2.77. The molecule has 138 valence electrons. The molecular formula is C18H18F2N2O4. The molecule has 1 fully saturated rings. The minimum Gasteiger partial charge on any atom is -0.435 e. The summed E-state index contributed by atoms with van der Waals surface area (Å²) in [6.45, 7) is -2.88. The summed E-state index contributed by atoms with van der Waals surface area (Å²) in [7, 11) is 0. The molecule has 1 aliphatic carbocycles. The van der Waals surface area contributed by atoms with Crippen LogP contribution in [0.15, 0.2) is 36.4 Å². The number of fused-ring (bicyclic) bond motifs is 1. The summed E-state index contributed by atoms with van der Waals surface area (Å²) >= 11 is 0. The van der Waals surface area contributed by atoms with Gasteiger partial charge < -0.3 is 10.1 Å². The summed E-state index contributed by atoms with van der Waals surface area (Å²) in [5.41, 5.74) is 0.411. The lowest BCUT2D eigenvalue weighted by atomic mass is 9.85. The van der Waals surface area contributed by atoms with Crippen LogP contribution in [0.4, 0.5) is 14.5 Å². The molecule has 6 nitrogen and oxygen atoms in total. The number of alkyl halides is 2. The zero-order valence-corrected chi connectivity index (χ0v) is 13.9. The highest BCUT2D eigenvalue weighted by Crippen LogP contribution is 2.35. The summed E-state index contributed by atoms with van der Waals surface area (Å²) in [4.78, 5) is 37.8. The van der Waals surface area contributed by atoms with Gasteiger partial charge in [-0.15, -0.1) is 0 Å². The first-order valence-electron chi connectivity index (χ1n) is 8.30. The average Bonchev–Trinajstić information content (AvgIpc) is 2.86. The molecule has 26 heavy (non-hydrogen) atoms. The molecule has 1 N–H and O–H groups in total. The van der Waals surface area contributed by atoms with Gasteiger partial charge in [0.25, 0.3) is 0 Å². The fraction of sp³-hybridized carbons (Fsp3) is 0.389. The Balaban J connectivity index is 1.51. The molecule has 1 aromatic rings. The van der Waals surface area contributed by atoms with E-state index in [1.54, 1.807) is 0 Å². The lowest BCUT2D eigenvalue weighted by Gasteiger charge is -2.14. The minimum absolute atomic E-state index is 0.0116. The predicted octanol–water partition coefficient (Wildman–Crippen LogP) is 2.57. The molecule has 1 aliphatic heterocycles. The summed E-state index contributed by atoms with van der Waals surface area (Å²) < 4.78 is 28.4. The number of anilines is 1. The SMILES string of the molecule is O=C(CCN1C(=O)C2CC=CCC2C1=O)Nc1ccc(OC(F)F)cc1. The first-order valence-corrected chi connectivity index (χ1v) is 8.30. The molecule has 0 aromatic heterocycles. The highest BCUT2D eigenvalue weighted by Gasteiger charge is 2.46. The topological polar surface area (TPSA) is 75.7 Å². The van der Waals surface area contributed by atoms with E-state index < -0.39 is 6.61 Å². The monoisotopic (exact) mass is 364 g/mol. The van der Waals surface area contributed by atoms with E-state index in [0.29, 0.717) is 18.5 Å². The Labute approximate surface area is 148 Å². The molecule has 3 rings (SSSR count). The standard InChI is InChI=1S/C18H18F2N2O4/c19-18(20)26-12-7-5-11(6-8-12)21-15(23)9-10-22-16(24)13-3-1-2-4-14(13)17(22)25/h1-2,5-8,13-14,18H,3-4,9-10H2,(H,21,23). The van der Waals surface area contributed by atoms with Crippen molar-refractivity contribution in [1.82, 2.24) is 4.90 Å². The first-order chi connectivity index (χ1) is 12.5. The number of imide groups is 1. The molecule has 1 heterocycles. The fourth-order valence-electron chi connectivity index (χ4n) is 3.25. The van der Waals surface area contributed by atoms with Gasteiger partial charge >= 0.3 is 6.61 Å². The number of halogens is 2. The smallest absolute Gasteiger partial charge is 0.387 e. The van der Waals surface area contributed by atoms with Gasteiger partial charge in [-0.1, -0.05) is 12.2 Å². The number of hydrogen-bond donors (Lipinski definition) is 1. The lowest BCUT2D eigenvalue weighted by molar-refractivity contribution is -0.140. The Bertz CT molecular complexity index is 707. The second-order valence-corrected chi connectivity index (χ2v) is 6.18. The number of benzene rings is 1. The second-order valence-electron chi connectivity index (χ2n) is 6.18. The van der Waals surface area contributed by atoms with Crippen LogP contribution in [0.1, 0.15) is 19.3 Å². The summed E-state index contributed by atoms with van der Waals surface area (Å²) in [6.07, 6.45) is 4.91. The number of nitrogens with one attached hydrogen (secondary N) is 1. The molecule has 1 saturated heterocycles. The van der Waals surface area contributed by atoms with Crippen LogP contribution in [0.5, 0.6) is 5.75 Å². The van der Waals surface area contributed by atoms with Crippen LogP contribution in [0.2, 0.25) is 0 Å². The molecule has 3 amide bonds. The Morgan fingerprint density at radius 1 is 1.12 bits per heavy atom. The highest BCUT2D eigenvalue weighted by molar-refractivity contribution is 6.05. The van der Waals surface area contributed by atoms with Gasteiger partial charge in [0.05, 0.1) is 11.8 Å². The summed E-state index contributed by atoms with van der Waals surface area (Å²) in [5.74, 6) is -1.43. The largest absolute Gasteiger partial charge is 0.435 e. The zero-order valence-electron chi connectivity index (χ0n) is 13.9. The van der Waals surface area contributed by atoms with Crippen molar-refractivity contribution < 1.29 is 27.9 Å². The number of likely N-dealkylation sites (tertiary alicyclic amines) is 1. The molecule has 2 unspecified atom stereocenters. The minimum atomic E-state index is -2.91. The van der Waals surface area contributed by atoms with E-state index >= 15 is 0 Å². The highest BCUT2D eigenvalue weighted by atomic mass is 19.3. The van der Waals surface area contributed by atoms with Gasteiger partial charge in [-0.2, -0.15) is 8.78 Å². The zero-order chi connectivity index (χ0) is 18.7. The molecule has 1 aromatic carbocycles. The molecule has 8 heteroatoms. The van der Waals surface area contributed by atoms with Crippen molar-refractivity contribution in [3.05, 3.63) is 36.4 Å². The third-order valence-electron chi connectivity index (χ3n) is 4.52. The van der Waals surface area contributed by atoms with Crippen molar-refractivity contribution in [3.8, 4) is 5.75 Å². The van der Waals surface area contributed by atoms with E-state index in [-0.39, 0.29) is 48.3 Å². The number of carbonyl (C=O) groups excluding carboxylic acids is 3. The van der Waals surface area contributed by atoms with Crippen molar-refractivity contribution in [2.24, 2.45) is 11.8 Å². The van der Waals surface area contributed by atoms with Crippen LogP contribution < -0.4 is 10.1 Å². The van der Waals surface area contributed by atoms with Crippen LogP contribution >= 0.6 is 0 Å². The van der Waals surface area contributed by atoms with E-state index in [1.807, 2.05) is 12.2 Å². The molecule has 0 saturated carbocycles. The lowest BCUT2D eigenvalue weighted by Crippen LogP contribution is -2.34. The predicted molar refractivity (Wildman–Crippen MR) is 88.4 cm³/mol. The number of nitrogens with zero attached hydrogens (tertiary/aromatic N) is 1. The van der Waals surface area contributed by atoms with E-state index in [2.05, 4.69) is 10.1 Å². The van der Waals surface area contributed by atoms with Gasteiger partial charge in [-0.25, -0.2) is 0 Å². The van der Waals surface area contributed by atoms with Gasteiger partial charge in [-0.05, 0) is 37.1 Å². The molecule has 2 aliphatic rings. The quantitative estimate of drug-likeness (QED) is 0.622. The van der Waals surface area contributed by atoms with Gasteiger partial charge in [0.15, 0.2) is 0 Å². The third-order valence-corrected chi connectivity index (χ3v) is 4.52. The van der Waals surface area contributed by atoms with Gasteiger partial charge in [0.1, 0.15) is 5.75 Å². The van der Waals surface area contributed by atoms with Gasteiger partial charge in [-0.3, -0.25) is 19.3 Å². The van der Waals surface area contributed by atoms with E-state index in [4.69, 9.17) is 0 Å². The number of ether oxygens (including phenoxy) is 1. The maximum atomic E-state index is 12.3. The Morgan fingerprint density at radius 3 is 2.23 bits per heavy atom. The molecular weight excluding hydrogens is 346 g/mol. The number of amides is 3. The van der Waals surface area contributed by atoms with E-state index in [0.717, 1.165) is 0 Å². The number of hydrogen-bond acceptors (Lipinski definition) is 4. The van der Waals surface area contributed by atoms with Crippen LogP contribution in [0.25, 0.3) is 0 Å². The molecule has 2 atom stereocenters. The molecule has 0 bridgehead atoms. The number of carbonyl (C=O) groups is 3. The van der Waals surface area contributed by atoms with Crippen molar-refractivity contribution in [2.45, 2.75) is 25.9 Å². The number of allylic oxidation sites excluding steroid dienone is 2. The maximum absolute atomic E-state index is 12.3. The van der Waals surface area contributed by atoms with Crippen LogP contribution in [-0.2, 0) is 14.4 Å². The van der Waals surface area contributed by atoms with Gasteiger partial charge in [0, 0.05) is 18.7 Å². The number of rotatable bonds is 6. The molecule has 0 radical (unpaired) electrons. The summed E-state index contributed by atoms with van der Waals surface area (Å²) in [5, 5.41) is 2.60. The second kappa shape index (κ2) is 7.63. The third kappa shape index (κ3) is 3.89. The van der Waals surface area contributed by atoms with Gasteiger partial charge in [0.2, 0.25) is 17.7 Å². The Kier molecular flexibility index (Phi) is 5.29. The van der Waals surface area contributed by atoms with Crippen molar-refractivity contribution in [1.29, 1.82) is 0 Å². The van der Waals surface area contributed by atoms with Crippen molar-refractivity contribution >= 4 is 23.4 Å². The van der Waals surface area contributed by atoms with Crippen molar-refractivity contribution in [2.75, 3.05) is 11.9 Å². The first kappa shape index (κ1) is 18.0. The average molecular weight is 364 g/mol. The van der Waals surface area contributed by atoms with Crippen LogP contribution in [-0.4, -0.2) is 35.8 Å². The Morgan fingerprint density at radius 2 is 1.69 bits per heavy atom. The van der Waals surface area contributed by atoms with Crippen LogP contribution in [0, 0.1) is 11.8 Å². The van der Waals surface area contributed by atoms with E-state index in [9.17, 15) is 23.2 Å².